The van der Waals surface area contributed by atoms with Crippen molar-refractivity contribution in [1.82, 2.24) is 9.97 Å². The predicted molar refractivity (Wildman–Crippen MR) is 158 cm³/mol. The third kappa shape index (κ3) is 6.48. The molecule has 2 heterocycles. The first-order valence-electron chi connectivity index (χ1n) is 12.9. The molecular formula is C30H28ClFN4O6. The van der Waals surface area contributed by atoms with Gasteiger partial charge in [-0.2, -0.15) is 0 Å². The van der Waals surface area contributed by atoms with Gasteiger partial charge in [0.05, 0.1) is 50.8 Å². The summed E-state index contributed by atoms with van der Waals surface area (Å²) in [5.74, 6) is 1.30. The predicted octanol–water partition coefficient (Wildman–Crippen LogP) is 6.01. The quantitative estimate of drug-likeness (QED) is 0.213. The Morgan fingerprint density at radius 2 is 1.83 bits per heavy atom. The molecule has 1 fully saturated rings. The molecule has 1 atom stereocenters. The minimum absolute atomic E-state index is 0.0281. The fourth-order valence-electron chi connectivity index (χ4n) is 4.42. The van der Waals surface area contributed by atoms with Crippen LogP contribution in [0.2, 0.25) is 5.02 Å². The van der Waals surface area contributed by atoms with Crippen molar-refractivity contribution in [2.45, 2.75) is 12.5 Å². The molecule has 12 heteroatoms. The SMILES string of the molecule is COc1cc(/C=C/C(=O)Nc2cc3c(Nc4ccc(F)c(Cl)c4)ncnc3cc2O[C@@H]2CCOC2)cc(OC)c1OC. The minimum atomic E-state index is -0.531. The van der Waals surface area contributed by atoms with Crippen LogP contribution in [0.4, 0.5) is 21.6 Å². The number of benzene rings is 3. The van der Waals surface area contributed by atoms with Gasteiger partial charge in [-0.05, 0) is 48.0 Å². The monoisotopic (exact) mass is 594 g/mol. The van der Waals surface area contributed by atoms with Crippen LogP contribution >= 0.6 is 11.6 Å². The van der Waals surface area contributed by atoms with Gasteiger partial charge < -0.3 is 34.3 Å². The first kappa shape index (κ1) is 28.9. The van der Waals surface area contributed by atoms with E-state index in [4.69, 9.17) is 35.3 Å². The summed E-state index contributed by atoms with van der Waals surface area (Å²) in [4.78, 5) is 21.9. The molecule has 0 aliphatic carbocycles. The van der Waals surface area contributed by atoms with Crippen LogP contribution in [0.25, 0.3) is 17.0 Å². The van der Waals surface area contributed by atoms with Crippen molar-refractivity contribution in [2.24, 2.45) is 0 Å². The number of carbonyl (C=O) groups excluding carboxylic acids is 1. The van der Waals surface area contributed by atoms with Crippen LogP contribution in [0.5, 0.6) is 23.0 Å². The third-order valence-corrected chi connectivity index (χ3v) is 6.76. The maximum Gasteiger partial charge on any atom is 0.248 e. The van der Waals surface area contributed by atoms with Gasteiger partial charge in [-0.1, -0.05) is 11.6 Å². The Morgan fingerprint density at radius 3 is 2.50 bits per heavy atom. The van der Waals surface area contributed by atoms with Gasteiger partial charge in [0, 0.05) is 29.6 Å². The molecule has 0 saturated carbocycles. The third-order valence-electron chi connectivity index (χ3n) is 6.47. The number of rotatable bonds is 10. The van der Waals surface area contributed by atoms with E-state index in [0.29, 0.717) is 76.3 Å². The molecule has 0 radical (unpaired) electrons. The Balaban J connectivity index is 1.46. The highest BCUT2D eigenvalue weighted by atomic mass is 35.5. The maximum atomic E-state index is 13.7. The van der Waals surface area contributed by atoms with E-state index >= 15 is 0 Å². The molecule has 1 saturated heterocycles. The lowest BCUT2D eigenvalue weighted by molar-refractivity contribution is -0.111. The maximum absolute atomic E-state index is 13.7. The number of nitrogens with zero attached hydrogens (tertiary/aromatic N) is 2. The standard InChI is InChI=1S/C30H28ClFN4O6/c1-38-26-10-17(11-27(39-2)29(26)40-3)4-7-28(37)36-24-13-20-23(14-25(24)42-19-8-9-41-15-19)33-16-34-30(20)35-18-5-6-22(32)21(31)12-18/h4-7,10-14,16,19H,8-9,15H2,1-3H3,(H,36,37)(H,33,34,35)/b7-4+/t19-/m1/s1. The van der Waals surface area contributed by atoms with Crippen molar-refractivity contribution < 1.29 is 32.9 Å². The summed E-state index contributed by atoms with van der Waals surface area (Å²) in [6, 6.07) is 11.2. The summed E-state index contributed by atoms with van der Waals surface area (Å²) in [6.45, 7) is 1.03. The van der Waals surface area contributed by atoms with Crippen LogP contribution < -0.4 is 29.6 Å². The fraction of sp³-hybridized carbons (Fsp3) is 0.233. The number of nitrogens with one attached hydrogen (secondary N) is 2. The van der Waals surface area contributed by atoms with E-state index in [-0.39, 0.29) is 11.1 Å². The summed E-state index contributed by atoms with van der Waals surface area (Å²) in [6.07, 6.45) is 4.95. The lowest BCUT2D eigenvalue weighted by Crippen LogP contribution is -2.18. The minimum Gasteiger partial charge on any atom is -0.493 e. The van der Waals surface area contributed by atoms with Gasteiger partial charge in [-0.3, -0.25) is 4.79 Å². The number of amides is 1. The van der Waals surface area contributed by atoms with Crippen molar-refractivity contribution >= 4 is 51.7 Å². The van der Waals surface area contributed by atoms with Crippen LogP contribution in [-0.2, 0) is 9.53 Å². The van der Waals surface area contributed by atoms with Crippen molar-refractivity contribution in [3.05, 3.63) is 71.3 Å². The van der Waals surface area contributed by atoms with E-state index in [1.165, 1.54) is 45.9 Å². The lowest BCUT2D eigenvalue weighted by Gasteiger charge is -2.17. The van der Waals surface area contributed by atoms with Gasteiger partial charge in [-0.25, -0.2) is 14.4 Å². The average Bonchev–Trinajstić information content (AvgIpc) is 3.51. The van der Waals surface area contributed by atoms with Crippen molar-refractivity contribution in [3.63, 3.8) is 0 Å². The van der Waals surface area contributed by atoms with E-state index < -0.39 is 11.7 Å². The van der Waals surface area contributed by atoms with Crippen molar-refractivity contribution in [2.75, 3.05) is 45.2 Å². The van der Waals surface area contributed by atoms with Crippen molar-refractivity contribution in [1.29, 1.82) is 0 Å². The molecule has 218 valence electrons. The number of aromatic nitrogens is 2. The van der Waals surface area contributed by atoms with E-state index in [2.05, 4.69) is 20.6 Å². The molecular weight excluding hydrogens is 567 g/mol. The van der Waals surface area contributed by atoms with E-state index in [0.717, 1.165) is 0 Å². The Hall–Kier alpha value is -4.61. The fourth-order valence-corrected chi connectivity index (χ4v) is 4.60. The van der Waals surface area contributed by atoms with Gasteiger partial charge in [0.25, 0.3) is 0 Å². The second-order valence-electron chi connectivity index (χ2n) is 9.23. The Morgan fingerprint density at radius 1 is 1.05 bits per heavy atom. The summed E-state index contributed by atoms with van der Waals surface area (Å²) in [7, 11) is 4.56. The van der Waals surface area contributed by atoms with E-state index in [9.17, 15) is 9.18 Å². The average molecular weight is 595 g/mol. The molecule has 2 N–H and O–H groups in total. The Bertz CT molecular complexity index is 1620. The number of hydrogen-bond donors (Lipinski definition) is 2. The smallest absolute Gasteiger partial charge is 0.248 e. The lowest BCUT2D eigenvalue weighted by atomic mass is 10.1. The van der Waals surface area contributed by atoms with Crippen LogP contribution in [0, 0.1) is 5.82 Å². The molecule has 5 rings (SSSR count). The number of halogens is 2. The second kappa shape index (κ2) is 12.9. The Kier molecular flexibility index (Phi) is 8.89. The summed E-state index contributed by atoms with van der Waals surface area (Å²) >= 11 is 5.96. The van der Waals surface area contributed by atoms with Gasteiger partial charge in [0.2, 0.25) is 11.7 Å². The first-order valence-corrected chi connectivity index (χ1v) is 13.3. The number of anilines is 3. The van der Waals surface area contributed by atoms with Crippen LogP contribution in [0.3, 0.4) is 0 Å². The zero-order chi connectivity index (χ0) is 29.6. The Labute approximate surface area is 246 Å². The molecule has 0 bridgehead atoms. The zero-order valence-corrected chi connectivity index (χ0v) is 23.8. The molecule has 1 aromatic heterocycles. The molecule has 1 amide bonds. The molecule has 10 nitrogen and oxygen atoms in total. The van der Waals surface area contributed by atoms with Crippen LogP contribution in [0.1, 0.15) is 12.0 Å². The molecule has 3 aromatic carbocycles. The van der Waals surface area contributed by atoms with Gasteiger partial charge in [-0.15, -0.1) is 0 Å². The number of carbonyl (C=O) groups is 1. The normalized spacial score (nSPS) is 14.6. The van der Waals surface area contributed by atoms with Crippen LogP contribution in [-0.4, -0.2) is 56.5 Å². The van der Waals surface area contributed by atoms with Crippen LogP contribution in [0.15, 0.2) is 54.9 Å². The van der Waals surface area contributed by atoms with Gasteiger partial charge in [0.15, 0.2) is 11.5 Å². The topological polar surface area (TPSA) is 113 Å². The number of hydrogen-bond acceptors (Lipinski definition) is 9. The molecule has 4 aromatic rings. The molecule has 1 aliphatic heterocycles. The van der Waals surface area contributed by atoms with Crippen molar-refractivity contribution in [3.8, 4) is 23.0 Å². The molecule has 1 aliphatic rings. The van der Waals surface area contributed by atoms with E-state index in [1.807, 2.05) is 0 Å². The summed E-state index contributed by atoms with van der Waals surface area (Å²) < 4.78 is 41.5. The van der Waals surface area contributed by atoms with Gasteiger partial charge in [0.1, 0.15) is 29.8 Å². The highest BCUT2D eigenvalue weighted by Crippen LogP contribution is 2.39. The number of methoxy groups -OCH3 is 3. The number of fused-ring (bicyclic) bond motifs is 1. The van der Waals surface area contributed by atoms with Gasteiger partial charge >= 0.3 is 0 Å². The zero-order valence-electron chi connectivity index (χ0n) is 23.1. The first-order chi connectivity index (χ1) is 20.4. The van der Waals surface area contributed by atoms with E-state index in [1.54, 1.807) is 36.4 Å². The molecule has 0 unspecified atom stereocenters. The summed E-state index contributed by atoms with van der Waals surface area (Å²) in [5, 5.41) is 6.61. The number of ether oxygens (including phenoxy) is 5. The molecule has 0 spiro atoms. The second-order valence-corrected chi connectivity index (χ2v) is 9.63. The highest BCUT2D eigenvalue weighted by Gasteiger charge is 2.21. The highest BCUT2D eigenvalue weighted by molar-refractivity contribution is 6.31. The largest absolute Gasteiger partial charge is 0.493 e. The molecule has 42 heavy (non-hydrogen) atoms. The summed E-state index contributed by atoms with van der Waals surface area (Å²) in [5.41, 5.74) is 2.17.